The first-order valence-corrected chi connectivity index (χ1v) is 3.01. The minimum atomic E-state index is -0.167. The van der Waals surface area contributed by atoms with E-state index in [2.05, 4.69) is 0 Å². The van der Waals surface area contributed by atoms with Gasteiger partial charge in [0.05, 0.1) is 0 Å². The van der Waals surface area contributed by atoms with Crippen molar-refractivity contribution in [2.45, 2.75) is 26.9 Å². The monoisotopic (exact) mass is 126 g/mol. The van der Waals surface area contributed by atoms with Gasteiger partial charge < -0.3 is 4.74 Å². The Bertz CT molecular complexity index is 179. The van der Waals surface area contributed by atoms with Gasteiger partial charge in [0.25, 0.3) is 0 Å². The third kappa shape index (κ3) is 0.846. The lowest BCUT2D eigenvalue weighted by Crippen LogP contribution is -2.04. The van der Waals surface area contributed by atoms with Crippen molar-refractivity contribution in [3.8, 4) is 0 Å². The number of ether oxygens (including phenoxy) is 1. The van der Waals surface area contributed by atoms with Gasteiger partial charge in [-0.1, -0.05) is 0 Å². The fourth-order valence-corrected chi connectivity index (χ4v) is 0.803. The van der Waals surface area contributed by atoms with E-state index in [-0.39, 0.29) is 12.1 Å². The van der Waals surface area contributed by atoms with Crippen LogP contribution in [0.5, 0.6) is 0 Å². The van der Waals surface area contributed by atoms with E-state index in [0.717, 1.165) is 11.1 Å². The van der Waals surface area contributed by atoms with Crippen molar-refractivity contribution >= 4 is 5.97 Å². The van der Waals surface area contributed by atoms with Crippen LogP contribution >= 0.6 is 0 Å². The number of esters is 1. The van der Waals surface area contributed by atoms with Crippen LogP contribution in [0, 0.1) is 0 Å². The summed E-state index contributed by atoms with van der Waals surface area (Å²) < 4.78 is 4.87. The highest BCUT2D eigenvalue weighted by Gasteiger charge is 2.23. The van der Waals surface area contributed by atoms with Gasteiger partial charge in [-0.3, -0.25) is 0 Å². The first-order valence-electron chi connectivity index (χ1n) is 3.01. The molecule has 1 rings (SSSR count). The molecule has 0 aromatic carbocycles. The van der Waals surface area contributed by atoms with Crippen LogP contribution in [0.4, 0.5) is 0 Å². The number of rotatable bonds is 0. The smallest absolute Gasteiger partial charge is 0.334 e. The van der Waals surface area contributed by atoms with Gasteiger partial charge in [-0.2, -0.15) is 0 Å². The van der Waals surface area contributed by atoms with Gasteiger partial charge >= 0.3 is 5.97 Å². The molecule has 0 radical (unpaired) electrons. The quantitative estimate of drug-likeness (QED) is 0.457. The molecule has 1 aliphatic rings. The Kier molecular flexibility index (Phi) is 1.31. The van der Waals surface area contributed by atoms with Crippen LogP contribution in [0.15, 0.2) is 11.1 Å². The molecule has 0 N–H and O–H groups in total. The van der Waals surface area contributed by atoms with E-state index in [4.69, 9.17) is 4.74 Å². The van der Waals surface area contributed by atoms with Crippen molar-refractivity contribution in [3.05, 3.63) is 11.1 Å². The van der Waals surface area contributed by atoms with Gasteiger partial charge in [-0.25, -0.2) is 4.79 Å². The Hall–Kier alpha value is -0.790. The predicted octanol–water partition coefficient (Wildman–Crippen LogP) is 1.27. The Morgan fingerprint density at radius 3 is 2.11 bits per heavy atom. The third-order valence-electron chi connectivity index (χ3n) is 1.79. The first kappa shape index (κ1) is 6.33. The molecule has 0 aliphatic carbocycles. The van der Waals surface area contributed by atoms with Crippen molar-refractivity contribution in [1.29, 1.82) is 0 Å². The second-order valence-corrected chi connectivity index (χ2v) is 2.36. The number of carbonyl (C=O) groups is 1. The molecule has 0 aromatic heterocycles. The highest BCUT2D eigenvalue weighted by Crippen LogP contribution is 2.20. The minimum Gasteiger partial charge on any atom is -0.455 e. The van der Waals surface area contributed by atoms with Gasteiger partial charge in [0.15, 0.2) is 0 Å². The molecular weight excluding hydrogens is 116 g/mol. The lowest BCUT2D eigenvalue weighted by Gasteiger charge is -2.00. The summed E-state index contributed by atoms with van der Waals surface area (Å²) >= 11 is 0. The Morgan fingerprint density at radius 2 is 2.00 bits per heavy atom. The molecule has 0 aromatic rings. The van der Waals surface area contributed by atoms with Gasteiger partial charge in [-0.15, -0.1) is 0 Å². The fourth-order valence-electron chi connectivity index (χ4n) is 0.803. The molecule has 1 heterocycles. The van der Waals surface area contributed by atoms with Crippen molar-refractivity contribution in [2.24, 2.45) is 0 Å². The van der Waals surface area contributed by atoms with Crippen LogP contribution < -0.4 is 0 Å². The van der Waals surface area contributed by atoms with E-state index >= 15 is 0 Å². The molecule has 0 spiro atoms. The first-order chi connectivity index (χ1) is 4.13. The van der Waals surface area contributed by atoms with Crippen LogP contribution in [-0.2, 0) is 9.53 Å². The highest BCUT2D eigenvalue weighted by molar-refractivity contribution is 5.91. The topological polar surface area (TPSA) is 26.3 Å². The minimum absolute atomic E-state index is 0.00231. The Labute approximate surface area is 54.5 Å². The molecule has 1 atom stereocenters. The number of hydrogen-bond donors (Lipinski definition) is 0. The van der Waals surface area contributed by atoms with Crippen molar-refractivity contribution in [3.63, 3.8) is 0 Å². The number of cyclic esters (lactones) is 1. The summed E-state index contributed by atoms with van der Waals surface area (Å²) in [6, 6.07) is 0. The van der Waals surface area contributed by atoms with E-state index in [9.17, 15) is 4.79 Å². The molecular formula is C7H10O2. The summed E-state index contributed by atoms with van der Waals surface area (Å²) in [5.41, 5.74) is 1.82. The zero-order valence-electron chi connectivity index (χ0n) is 5.89. The average molecular weight is 126 g/mol. The van der Waals surface area contributed by atoms with Crippen LogP contribution in [0.1, 0.15) is 20.8 Å². The zero-order valence-corrected chi connectivity index (χ0v) is 5.89. The molecule has 0 unspecified atom stereocenters. The molecule has 0 saturated carbocycles. The lowest BCUT2D eigenvalue weighted by molar-refractivity contribution is -0.139. The van der Waals surface area contributed by atoms with Gasteiger partial charge in [0.1, 0.15) is 6.10 Å². The fraction of sp³-hybridized carbons (Fsp3) is 0.571. The third-order valence-corrected chi connectivity index (χ3v) is 1.79. The highest BCUT2D eigenvalue weighted by atomic mass is 16.5. The zero-order chi connectivity index (χ0) is 7.02. The maximum Gasteiger partial charge on any atom is 0.334 e. The average Bonchev–Trinajstić information content (AvgIpc) is 1.98. The van der Waals surface area contributed by atoms with Crippen LogP contribution in [0.25, 0.3) is 0 Å². The maximum absolute atomic E-state index is 10.7. The van der Waals surface area contributed by atoms with E-state index < -0.39 is 0 Å². The molecule has 9 heavy (non-hydrogen) atoms. The van der Waals surface area contributed by atoms with Crippen molar-refractivity contribution < 1.29 is 9.53 Å². The Balaban J connectivity index is 2.92. The molecule has 0 saturated heterocycles. The normalized spacial score (nSPS) is 27.0. The van der Waals surface area contributed by atoms with Crippen LogP contribution in [0.3, 0.4) is 0 Å². The van der Waals surface area contributed by atoms with E-state index in [1.807, 2.05) is 13.8 Å². The standard InChI is InChI=1S/C7H10O2/c1-4-5(2)7(8)9-6(4)3/h6H,1-3H3/t6-/m0/s1. The van der Waals surface area contributed by atoms with E-state index in [1.54, 1.807) is 6.92 Å². The molecule has 0 amide bonds. The summed E-state index contributed by atoms with van der Waals surface area (Å²) in [4.78, 5) is 10.7. The van der Waals surface area contributed by atoms with E-state index in [1.165, 1.54) is 0 Å². The largest absolute Gasteiger partial charge is 0.455 e. The predicted molar refractivity (Wildman–Crippen MR) is 33.9 cm³/mol. The molecule has 2 heteroatoms. The van der Waals surface area contributed by atoms with E-state index in [0.29, 0.717) is 0 Å². The molecule has 50 valence electrons. The van der Waals surface area contributed by atoms with Gasteiger partial charge in [0.2, 0.25) is 0 Å². The lowest BCUT2D eigenvalue weighted by atomic mass is 10.1. The molecule has 1 aliphatic heterocycles. The Morgan fingerprint density at radius 1 is 1.44 bits per heavy atom. The molecule has 2 nitrogen and oxygen atoms in total. The van der Waals surface area contributed by atoms with Crippen LogP contribution in [-0.4, -0.2) is 12.1 Å². The molecule has 0 bridgehead atoms. The summed E-state index contributed by atoms with van der Waals surface area (Å²) in [5, 5.41) is 0. The van der Waals surface area contributed by atoms with Gasteiger partial charge in [0, 0.05) is 5.57 Å². The summed E-state index contributed by atoms with van der Waals surface area (Å²) in [6.07, 6.45) is -0.00231. The second kappa shape index (κ2) is 1.87. The number of carbonyl (C=O) groups excluding carboxylic acids is 1. The van der Waals surface area contributed by atoms with Crippen molar-refractivity contribution in [1.82, 2.24) is 0 Å². The number of hydrogen-bond acceptors (Lipinski definition) is 2. The maximum atomic E-state index is 10.7. The second-order valence-electron chi connectivity index (χ2n) is 2.36. The van der Waals surface area contributed by atoms with Crippen LogP contribution in [0.2, 0.25) is 0 Å². The summed E-state index contributed by atoms with van der Waals surface area (Å²) in [7, 11) is 0. The summed E-state index contributed by atoms with van der Waals surface area (Å²) in [6.45, 7) is 5.59. The SMILES string of the molecule is CC1=C(C)[C@H](C)OC1=O. The van der Waals surface area contributed by atoms with Crippen molar-refractivity contribution in [2.75, 3.05) is 0 Å². The molecule has 0 fully saturated rings. The summed E-state index contributed by atoms with van der Waals surface area (Å²) in [5.74, 6) is -0.167. The van der Waals surface area contributed by atoms with Gasteiger partial charge in [-0.05, 0) is 26.3 Å².